The molecule has 1 aromatic carbocycles. The molecule has 1 aliphatic rings. The van der Waals surface area contributed by atoms with Crippen LogP contribution in [0.4, 0.5) is 0 Å². The molecule has 1 N–H and O–H groups in total. The monoisotopic (exact) mass is 272 g/mol. The van der Waals surface area contributed by atoms with Crippen LogP contribution in [0.15, 0.2) is 23.0 Å². The van der Waals surface area contributed by atoms with Crippen LogP contribution < -0.4 is 10.2 Å². The first-order valence-electron chi connectivity index (χ1n) is 7.11. The molecule has 0 spiro atoms. The Balaban J connectivity index is 2.08. The number of aromatic amines is 1. The molecule has 1 fully saturated rings. The van der Waals surface area contributed by atoms with Crippen LogP contribution in [0.1, 0.15) is 24.1 Å². The Hall–Kier alpha value is -1.81. The van der Waals surface area contributed by atoms with Crippen molar-refractivity contribution >= 4 is 10.9 Å². The van der Waals surface area contributed by atoms with Crippen LogP contribution in [0.3, 0.4) is 0 Å². The summed E-state index contributed by atoms with van der Waals surface area (Å²) in [7, 11) is 1.62. The molecule has 2 heterocycles. The van der Waals surface area contributed by atoms with E-state index < -0.39 is 0 Å². The SMILES string of the molecule is COc1ccc2[nH]c(C)c(CN3CCCC3)c(=O)c2c1. The number of rotatable bonds is 3. The fourth-order valence-electron chi connectivity index (χ4n) is 2.91. The lowest BCUT2D eigenvalue weighted by Crippen LogP contribution is -2.24. The highest BCUT2D eigenvalue weighted by atomic mass is 16.5. The summed E-state index contributed by atoms with van der Waals surface area (Å²) in [6, 6.07) is 5.60. The van der Waals surface area contributed by atoms with E-state index in [9.17, 15) is 4.79 Å². The molecule has 3 rings (SSSR count). The lowest BCUT2D eigenvalue weighted by atomic mass is 10.1. The summed E-state index contributed by atoms with van der Waals surface area (Å²) < 4.78 is 5.22. The van der Waals surface area contributed by atoms with Crippen molar-refractivity contribution in [3.8, 4) is 5.75 Å². The minimum absolute atomic E-state index is 0.127. The number of H-pyrrole nitrogens is 1. The van der Waals surface area contributed by atoms with Crippen molar-refractivity contribution in [2.45, 2.75) is 26.3 Å². The lowest BCUT2D eigenvalue weighted by Gasteiger charge is -2.16. The van der Waals surface area contributed by atoms with Crippen molar-refractivity contribution in [1.82, 2.24) is 9.88 Å². The van der Waals surface area contributed by atoms with Gasteiger partial charge in [-0.1, -0.05) is 0 Å². The number of ether oxygens (including phenoxy) is 1. The smallest absolute Gasteiger partial charge is 0.194 e. The van der Waals surface area contributed by atoms with Crippen molar-refractivity contribution in [2.75, 3.05) is 20.2 Å². The van der Waals surface area contributed by atoms with Gasteiger partial charge in [-0.25, -0.2) is 0 Å². The van der Waals surface area contributed by atoms with E-state index in [0.717, 1.165) is 42.2 Å². The van der Waals surface area contributed by atoms with Gasteiger partial charge in [-0.05, 0) is 51.1 Å². The Labute approximate surface area is 118 Å². The highest BCUT2D eigenvalue weighted by Gasteiger charge is 2.16. The van der Waals surface area contributed by atoms with Crippen LogP contribution in [0.25, 0.3) is 10.9 Å². The van der Waals surface area contributed by atoms with Crippen molar-refractivity contribution in [2.24, 2.45) is 0 Å². The number of likely N-dealkylation sites (tertiary alicyclic amines) is 1. The normalized spacial score (nSPS) is 15.9. The third kappa shape index (κ3) is 2.31. The fraction of sp³-hybridized carbons (Fsp3) is 0.438. The van der Waals surface area contributed by atoms with E-state index in [-0.39, 0.29) is 5.43 Å². The van der Waals surface area contributed by atoms with E-state index in [2.05, 4.69) is 9.88 Å². The van der Waals surface area contributed by atoms with Gasteiger partial charge in [0.15, 0.2) is 5.43 Å². The van der Waals surface area contributed by atoms with Gasteiger partial charge in [-0.15, -0.1) is 0 Å². The van der Waals surface area contributed by atoms with Crippen LogP contribution in [-0.4, -0.2) is 30.1 Å². The Kier molecular flexibility index (Phi) is 3.49. The molecule has 0 amide bonds. The summed E-state index contributed by atoms with van der Waals surface area (Å²) in [5.74, 6) is 0.721. The van der Waals surface area contributed by atoms with Crippen LogP contribution in [0.2, 0.25) is 0 Å². The van der Waals surface area contributed by atoms with E-state index in [1.165, 1.54) is 12.8 Å². The summed E-state index contributed by atoms with van der Waals surface area (Å²) in [6.45, 7) is 4.91. The van der Waals surface area contributed by atoms with Crippen LogP contribution >= 0.6 is 0 Å². The number of hydrogen-bond acceptors (Lipinski definition) is 3. The molecular weight excluding hydrogens is 252 g/mol. The Morgan fingerprint density at radius 1 is 1.30 bits per heavy atom. The minimum Gasteiger partial charge on any atom is -0.497 e. The number of methoxy groups -OCH3 is 1. The number of hydrogen-bond donors (Lipinski definition) is 1. The quantitative estimate of drug-likeness (QED) is 0.933. The number of nitrogens with zero attached hydrogens (tertiary/aromatic N) is 1. The van der Waals surface area contributed by atoms with E-state index in [4.69, 9.17) is 4.74 Å². The van der Waals surface area contributed by atoms with Crippen LogP contribution in [0, 0.1) is 6.92 Å². The van der Waals surface area contributed by atoms with Gasteiger partial charge in [0.25, 0.3) is 0 Å². The highest BCUT2D eigenvalue weighted by molar-refractivity contribution is 5.81. The predicted molar refractivity (Wildman–Crippen MR) is 80.4 cm³/mol. The molecule has 0 aliphatic carbocycles. The number of aryl methyl sites for hydroxylation is 1. The second kappa shape index (κ2) is 5.29. The van der Waals surface area contributed by atoms with Gasteiger partial charge in [0.05, 0.1) is 7.11 Å². The third-order valence-electron chi connectivity index (χ3n) is 4.10. The molecule has 0 saturated carbocycles. The summed E-state index contributed by atoms with van der Waals surface area (Å²) in [5, 5.41) is 0.712. The van der Waals surface area contributed by atoms with Crippen LogP contribution in [0.5, 0.6) is 5.75 Å². The van der Waals surface area contributed by atoms with Crippen LogP contribution in [-0.2, 0) is 6.54 Å². The Bertz CT molecular complexity index is 685. The van der Waals surface area contributed by atoms with Crippen molar-refractivity contribution in [3.05, 3.63) is 39.7 Å². The minimum atomic E-state index is 0.127. The fourth-order valence-corrected chi connectivity index (χ4v) is 2.91. The maximum Gasteiger partial charge on any atom is 0.194 e. The molecule has 4 nitrogen and oxygen atoms in total. The first-order chi connectivity index (χ1) is 9.69. The van der Waals surface area contributed by atoms with Crippen molar-refractivity contribution in [3.63, 3.8) is 0 Å². The van der Waals surface area contributed by atoms with E-state index >= 15 is 0 Å². The largest absolute Gasteiger partial charge is 0.497 e. The first kappa shape index (κ1) is 13.2. The number of nitrogens with one attached hydrogen (secondary N) is 1. The number of fused-ring (bicyclic) bond motifs is 1. The van der Waals surface area contributed by atoms with Crippen molar-refractivity contribution < 1.29 is 4.74 Å². The molecule has 4 heteroatoms. The molecule has 1 aliphatic heterocycles. The van der Waals surface area contributed by atoms with E-state index in [0.29, 0.717) is 5.39 Å². The standard InChI is InChI=1S/C16H20N2O2/c1-11-14(10-18-7-3-4-8-18)16(19)13-9-12(20-2)5-6-15(13)17-11/h5-6,9H,3-4,7-8,10H2,1-2H3,(H,17,19). The zero-order valence-corrected chi connectivity index (χ0v) is 12.0. The molecular formula is C16H20N2O2. The second-order valence-electron chi connectivity index (χ2n) is 5.45. The molecule has 0 radical (unpaired) electrons. The molecule has 0 bridgehead atoms. The van der Waals surface area contributed by atoms with Gasteiger partial charge in [0.1, 0.15) is 5.75 Å². The van der Waals surface area contributed by atoms with Gasteiger partial charge in [-0.2, -0.15) is 0 Å². The van der Waals surface area contributed by atoms with Gasteiger partial charge < -0.3 is 9.72 Å². The highest BCUT2D eigenvalue weighted by Crippen LogP contribution is 2.19. The average Bonchev–Trinajstić information content (AvgIpc) is 2.96. The molecule has 2 aromatic rings. The molecule has 0 unspecified atom stereocenters. The van der Waals surface area contributed by atoms with Gasteiger partial charge in [0, 0.05) is 28.7 Å². The molecule has 1 aromatic heterocycles. The second-order valence-corrected chi connectivity index (χ2v) is 5.45. The average molecular weight is 272 g/mol. The zero-order chi connectivity index (χ0) is 14.1. The Morgan fingerprint density at radius 3 is 2.75 bits per heavy atom. The first-order valence-corrected chi connectivity index (χ1v) is 7.11. The van der Waals surface area contributed by atoms with Crippen molar-refractivity contribution in [1.29, 1.82) is 0 Å². The summed E-state index contributed by atoms with van der Waals surface area (Å²) in [5.41, 5.74) is 2.85. The predicted octanol–water partition coefficient (Wildman–Crippen LogP) is 2.44. The maximum absolute atomic E-state index is 12.7. The summed E-state index contributed by atoms with van der Waals surface area (Å²) in [6.07, 6.45) is 2.47. The van der Waals surface area contributed by atoms with Gasteiger partial charge in [0.2, 0.25) is 0 Å². The van der Waals surface area contributed by atoms with Gasteiger partial charge in [-0.3, -0.25) is 9.69 Å². The van der Waals surface area contributed by atoms with Gasteiger partial charge >= 0.3 is 0 Å². The van der Waals surface area contributed by atoms with E-state index in [1.54, 1.807) is 7.11 Å². The summed E-state index contributed by atoms with van der Waals surface area (Å²) in [4.78, 5) is 18.4. The summed E-state index contributed by atoms with van der Waals surface area (Å²) >= 11 is 0. The number of benzene rings is 1. The lowest BCUT2D eigenvalue weighted by molar-refractivity contribution is 0.329. The number of pyridine rings is 1. The third-order valence-corrected chi connectivity index (χ3v) is 4.10. The topological polar surface area (TPSA) is 45.3 Å². The Morgan fingerprint density at radius 2 is 2.05 bits per heavy atom. The zero-order valence-electron chi connectivity index (χ0n) is 12.0. The molecule has 0 atom stereocenters. The van der Waals surface area contributed by atoms with E-state index in [1.807, 2.05) is 25.1 Å². The molecule has 106 valence electrons. The maximum atomic E-state index is 12.7. The number of aromatic nitrogens is 1. The molecule has 20 heavy (non-hydrogen) atoms. The molecule has 1 saturated heterocycles.